The molecule has 8 rings (SSSR count). The summed E-state index contributed by atoms with van der Waals surface area (Å²) >= 11 is 9.77. The Morgan fingerprint density at radius 1 is 1.04 bits per heavy atom. The molecular weight excluding hydrogens is 1000 g/mol. The summed E-state index contributed by atoms with van der Waals surface area (Å²) in [4.78, 5) is 75.2. The zero-order valence-electron chi connectivity index (χ0n) is 43.3. The summed E-state index contributed by atoms with van der Waals surface area (Å²) in [6.45, 7) is 15.0. The highest BCUT2D eigenvalue weighted by atomic mass is 35.5. The van der Waals surface area contributed by atoms with Crippen LogP contribution in [-0.4, -0.2) is 130 Å². The van der Waals surface area contributed by atoms with E-state index in [9.17, 15) is 28.7 Å². The summed E-state index contributed by atoms with van der Waals surface area (Å²) in [6.07, 6.45) is 9.11. The van der Waals surface area contributed by atoms with E-state index in [1.165, 1.54) is 28.0 Å². The van der Waals surface area contributed by atoms with E-state index in [0.717, 1.165) is 102 Å². The maximum absolute atomic E-state index is 14.7. The van der Waals surface area contributed by atoms with Gasteiger partial charge in [-0.05, 0) is 118 Å². The molecule has 4 fully saturated rings. The molecule has 0 spiro atoms. The first kappa shape index (κ1) is 55.3. The minimum absolute atomic E-state index is 0.0299. The molecule has 3 aliphatic heterocycles. The number of anilines is 2. The van der Waals surface area contributed by atoms with Crippen LogP contribution in [0, 0.1) is 23.7 Å². The topological polar surface area (TPSA) is 208 Å². The van der Waals surface area contributed by atoms with Crippen LogP contribution >= 0.6 is 34.7 Å². The lowest BCUT2D eigenvalue weighted by Gasteiger charge is -2.39. The van der Waals surface area contributed by atoms with Gasteiger partial charge in [-0.3, -0.25) is 24.1 Å². The van der Waals surface area contributed by atoms with Crippen LogP contribution in [0.3, 0.4) is 0 Å². The van der Waals surface area contributed by atoms with E-state index >= 15 is 0 Å². The first-order valence-corrected chi connectivity index (χ1v) is 28.1. The number of nitrogens with two attached hydrogens (primary N) is 1. The van der Waals surface area contributed by atoms with Crippen LogP contribution in [0.1, 0.15) is 103 Å². The predicted molar refractivity (Wildman–Crippen MR) is 288 cm³/mol. The van der Waals surface area contributed by atoms with Gasteiger partial charge in [-0.2, -0.15) is 0 Å². The molecule has 4 aliphatic rings. The lowest BCUT2D eigenvalue weighted by Crippen LogP contribution is -2.59. The van der Waals surface area contributed by atoms with Crippen molar-refractivity contribution in [2.75, 3.05) is 62.6 Å². The Morgan fingerprint density at radius 2 is 1.80 bits per heavy atom. The third-order valence-corrected chi connectivity index (χ3v) is 17.6. The largest absolute Gasteiger partial charge is 0.492 e. The summed E-state index contributed by atoms with van der Waals surface area (Å²) in [6, 6.07) is 9.41. The number of ether oxygens (including phenoxy) is 1. The van der Waals surface area contributed by atoms with Gasteiger partial charge in [0.1, 0.15) is 35.3 Å². The number of rotatable bonds is 20. The smallest absolute Gasteiger partial charge is 0.258 e. The number of β-amino-alcohol motifs (C(OH)–C–C–N with tert-alkyl or cyclic N) is 1. The molecular formula is C54H72ClFN10O6S2. The number of hydrogen-bond donors (Lipinski definition) is 5. The number of aryl methyl sites for hydroxylation is 1. The minimum Gasteiger partial charge on any atom is -0.492 e. The number of halogens is 2. The zero-order chi connectivity index (χ0) is 52.8. The first-order chi connectivity index (χ1) is 35.3. The SMILES string of the molecule is Cc1ncsc1-c1ccc(CNC(=O)C2CC(O)CN2C(=O)[C@@H](NC(=O)C2(F)CC2)C(C)(C)C)c(OCCN2CCC(CCCC(=O)Nc3cccc(Sc4cnc(N5CCC(C)(CN)CC5)cn4)c3Cl)CC2)c1. The van der Waals surface area contributed by atoms with Crippen LogP contribution in [0.25, 0.3) is 10.4 Å². The van der Waals surface area contributed by atoms with Crippen molar-refractivity contribution >= 4 is 69.8 Å². The Morgan fingerprint density at radius 3 is 2.46 bits per heavy atom. The number of amides is 4. The average Bonchev–Trinajstić information content (AvgIpc) is 3.79. The summed E-state index contributed by atoms with van der Waals surface area (Å²) in [5.74, 6) is 0.114. The van der Waals surface area contributed by atoms with Gasteiger partial charge >= 0.3 is 0 Å². The van der Waals surface area contributed by atoms with Gasteiger partial charge < -0.3 is 41.3 Å². The Kier molecular flexibility index (Phi) is 17.9. The molecule has 0 radical (unpaired) electrons. The molecule has 2 aromatic heterocycles. The lowest BCUT2D eigenvalue weighted by atomic mass is 9.80. The second-order valence-electron chi connectivity index (χ2n) is 21.9. The van der Waals surface area contributed by atoms with E-state index in [1.54, 1.807) is 32.5 Å². The average molecular weight is 1080 g/mol. The molecule has 74 heavy (non-hydrogen) atoms. The highest BCUT2D eigenvalue weighted by molar-refractivity contribution is 7.99. The van der Waals surface area contributed by atoms with Crippen molar-refractivity contribution in [2.24, 2.45) is 22.5 Å². The lowest BCUT2D eigenvalue weighted by molar-refractivity contribution is -0.145. The van der Waals surface area contributed by atoms with Gasteiger partial charge in [-0.1, -0.05) is 69.3 Å². The normalized spacial score (nSPS) is 20.2. The van der Waals surface area contributed by atoms with Crippen LogP contribution in [-0.2, 0) is 25.7 Å². The fourth-order valence-electron chi connectivity index (χ4n) is 9.92. The molecule has 6 N–H and O–H groups in total. The van der Waals surface area contributed by atoms with Gasteiger partial charge in [-0.25, -0.2) is 19.3 Å². The van der Waals surface area contributed by atoms with Crippen molar-refractivity contribution < 1.29 is 33.4 Å². The molecule has 3 atom stereocenters. The fraction of sp³-hybridized carbons (Fsp3) is 0.574. The molecule has 5 heterocycles. The molecule has 4 aromatic rings. The minimum atomic E-state index is -1.97. The number of carbonyl (C=O) groups is 4. The molecule has 3 saturated heterocycles. The summed E-state index contributed by atoms with van der Waals surface area (Å²) < 4.78 is 21.2. The number of hydrogen-bond acceptors (Lipinski definition) is 14. The highest BCUT2D eigenvalue weighted by Crippen LogP contribution is 2.41. The van der Waals surface area contributed by atoms with Gasteiger partial charge in [-0.15, -0.1) is 11.3 Å². The van der Waals surface area contributed by atoms with E-state index in [-0.39, 0.29) is 43.7 Å². The fourth-order valence-corrected chi connectivity index (χ4v) is 11.8. The highest BCUT2D eigenvalue weighted by Gasteiger charge is 2.53. The van der Waals surface area contributed by atoms with Gasteiger partial charge in [0.2, 0.25) is 17.7 Å². The van der Waals surface area contributed by atoms with E-state index in [1.807, 2.05) is 49.5 Å². The van der Waals surface area contributed by atoms with Gasteiger partial charge in [0.05, 0.1) is 45.3 Å². The van der Waals surface area contributed by atoms with Crippen LogP contribution in [0.15, 0.2) is 64.2 Å². The van der Waals surface area contributed by atoms with Gasteiger partial charge in [0, 0.05) is 56.0 Å². The van der Waals surface area contributed by atoms with Crippen molar-refractivity contribution in [1.82, 2.24) is 35.4 Å². The number of aliphatic hydroxyl groups is 1. The second kappa shape index (κ2) is 24.0. The third kappa shape index (κ3) is 13.9. The van der Waals surface area contributed by atoms with E-state index in [0.29, 0.717) is 48.5 Å². The van der Waals surface area contributed by atoms with Crippen LogP contribution < -0.4 is 31.3 Å². The maximum atomic E-state index is 14.7. The van der Waals surface area contributed by atoms with Crippen LogP contribution in [0.2, 0.25) is 5.02 Å². The van der Waals surface area contributed by atoms with Gasteiger partial charge in [0.25, 0.3) is 5.91 Å². The summed E-state index contributed by atoms with van der Waals surface area (Å²) in [7, 11) is 0. The number of nitrogens with zero attached hydrogens (tertiary/aromatic N) is 6. The molecule has 2 unspecified atom stereocenters. The summed E-state index contributed by atoms with van der Waals surface area (Å²) in [5.41, 5.74) is 8.39. The predicted octanol–water partition coefficient (Wildman–Crippen LogP) is 7.79. The van der Waals surface area contributed by atoms with Gasteiger partial charge in [0.15, 0.2) is 5.67 Å². The standard InChI is InChI=1S/C54H72ClFN10O6S2/c1-34-47(73-33-61-34)36-12-13-37(28-60-49(69)40-27-38(67)31-66(40)50(70)48(52(2,3)4)63-51(71)54(56)16-17-54)41(26-36)72-25-24-64-20-14-35(15-21-64)8-6-11-44(68)62-39-9-7-10-42(46(39)55)74-45-30-58-43(29-59-45)65-22-18-53(5,32-57)19-23-65/h7,9-10,12-13,26,29-30,33,35,38,40,48,67H,6,8,11,14-25,27-28,31-32,57H2,1-5H3,(H,60,69)(H,62,68)(H,63,71)/t38?,40?,48-/m1/s1. The second-order valence-corrected chi connectivity index (χ2v) is 24.2. The Labute approximate surface area is 447 Å². The molecule has 1 saturated carbocycles. The molecule has 1 aliphatic carbocycles. The van der Waals surface area contributed by atoms with E-state index < -0.39 is 47.0 Å². The molecule has 400 valence electrons. The molecule has 20 heteroatoms. The molecule has 2 aromatic carbocycles. The Hall–Kier alpha value is -4.92. The van der Waals surface area contributed by atoms with Crippen molar-refractivity contribution in [3.05, 3.63) is 70.6 Å². The van der Waals surface area contributed by atoms with Crippen molar-refractivity contribution in [2.45, 2.75) is 139 Å². The van der Waals surface area contributed by atoms with Crippen molar-refractivity contribution in [3.8, 4) is 16.2 Å². The summed E-state index contributed by atoms with van der Waals surface area (Å²) in [5, 5.41) is 20.5. The van der Waals surface area contributed by atoms with Crippen LogP contribution in [0.4, 0.5) is 15.9 Å². The number of thiazole rings is 1. The number of likely N-dealkylation sites (tertiary alicyclic amines) is 2. The molecule has 16 nitrogen and oxygen atoms in total. The number of carbonyl (C=O) groups excluding carboxylic acids is 4. The van der Waals surface area contributed by atoms with E-state index in [2.05, 4.69) is 47.6 Å². The maximum Gasteiger partial charge on any atom is 0.258 e. The molecule has 4 amide bonds. The number of piperidine rings is 2. The number of aromatic nitrogens is 3. The number of nitrogens with one attached hydrogen (secondary N) is 3. The quantitative estimate of drug-likeness (QED) is 0.0574. The van der Waals surface area contributed by atoms with E-state index in [4.69, 9.17) is 22.1 Å². The van der Waals surface area contributed by atoms with Crippen molar-refractivity contribution in [1.29, 1.82) is 0 Å². The molecule has 0 bridgehead atoms. The number of alkyl halides is 1. The zero-order valence-corrected chi connectivity index (χ0v) is 45.7. The first-order valence-electron chi connectivity index (χ1n) is 26.0. The van der Waals surface area contributed by atoms with Crippen molar-refractivity contribution in [3.63, 3.8) is 0 Å². The Bertz CT molecular complexity index is 2620. The third-order valence-electron chi connectivity index (χ3n) is 15.1. The number of benzene rings is 2. The number of aliphatic hydroxyl groups excluding tert-OH is 1. The Balaban J connectivity index is 0.785. The van der Waals surface area contributed by atoms with Crippen LogP contribution in [0.5, 0.6) is 5.75 Å². The monoisotopic (exact) mass is 1070 g/mol.